The third-order valence-electron chi connectivity index (χ3n) is 2.49. The molecule has 1 aromatic heterocycles. The molecule has 0 radical (unpaired) electrons. The molecule has 0 aromatic carbocycles. The molecule has 0 saturated heterocycles. The number of amides is 1. The number of carbonyl (C=O) groups excluding carboxylic acids is 1. The third-order valence-corrected chi connectivity index (χ3v) is 2.49. The fraction of sp³-hybridized carbons (Fsp3) is 0.500. The van der Waals surface area contributed by atoms with Gasteiger partial charge in [0.1, 0.15) is 11.9 Å². The van der Waals surface area contributed by atoms with E-state index in [1.54, 1.807) is 12.1 Å². The van der Waals surface area contributed by atoms with Gasteiger partial charge in [-0.1, -0.05) is 0 Å². The van der Waals surface area contributed by atoms with Crippen LogP contribution in [0.2, 0.25) is 0 Å². The fourth-order valence-corrected chi connectivity index (χ4v) is 1.62. The zero-order valence-corrected chi connectivity index (χ0v) is 10.6. The molecule has 0 fully saturated rings. The molecule has 0 saturated carbocycles. The minimum atomic E-state index is -1.11. The Bertz CT molecular complexity index is 403. The van der Waals surface area contributed by atoms with Crippen molar-refractivity contribution in [2.75, 3.05) is 12.3 Å². The molecule has 0 aliphatic rings. The summed E-state index contributed by atoms with van der Waals surface area (Å²) in [6, 6.07) is 3.35. The number of carbonyl (C=O) groups is 1. The van der Waals surface area contributed by atoms with Crippen LogP contribution in [-0.4, -0.2) is 33.8 Å². The average Bonchev–Trinajstić information content (AvgIpc) is 2.26. The summed E-state index contributed by atoms with van der Waals surface area (Å²) in [6.45, 7) is 3.53. The van der Waals surface area contributed by atoms with Gasteiger partial charge < -0.3 is 21.3 Å². The van der Waals surface area contributed by atoms with Gasteiger partial charge in [0.25, 0.3) is 0 Å². The Morgan fingerprint density at radius 2 is 2.17 bits per heavy atom. The number of hydrogen-bond acceptors (Lipinski definition) is 5. The Morgan fingerprint density at radius 1 is 1.50 bits per heavy atom. The number of pyridine rings is 1. The number of rotatable bonds is 5. The summed E-state index contributed by atoms with van der Waals surface area (Å²) in [7, 11) is 0. The van der Waals surface area contributed by atoms with E-state index in [1.807, 2.05) is 6.92 Å². The van der Waals surface area contributed by atoms with E-state index in [9.17, 15) is 15.0 Å². The molecule has 1 rings (SSSR count). The van der Waals surface area contributed by atoms with Crippen molar-refractivity contribution in [3.8, 4) is 0 Å². The van der Waals surface area contributed by atoms with Gasteiger partial charge in [-0.3, -0.25) is 4.79 Å². The van der Waals surface area contributed by atoms with Gasteiger partial charge in [0.05, 0.1) is 11.8 Å². The molecule has 6 nitrogen and oxygen atoms in total. The molecule has 0 aliphatic heterocycles. The standard InChI is InChI=1S/C12H19N3O3/c1-7-5-9(15-11(13)6-7)12(18)10(17)3-4-14-8(2)16/h5-6,10,12,17-18H,3-4H2,1-2H3,(H2,13,15)(H,14,16). The number of aliphatic hydroxyl groups is 2. The van der Waals surface area contributed by atoms with E-state index in [2.05, 4.69) is 10.3 Å². The van der Waals surface area contributed by atoms with E-state index in [-0.39, 0.29) is 12.3 Å². The molecule has 0 aliphatic carbocycles. The summed E-state index contributed by atoms with van der Waals surface area (Å²) in [5.74, 6) is 0.132. The highest BCUT2D eigenvalue weighted by molar-refractivity contribution is 5.72. The van der Waals surface area contributed by atoms with E-state index in [0.29, 0.717) is 18.1 Å². The Labute approximate surface area is 106 Å². The number of aryl methyl sites for hydroxylation is 1. The summed E-state index contributed by atoms with van der Waals surface area (Å²) in [6.07, 6.45) is -1.86. The number of nitrogens with two attached hydrogens (primary N) is 1. The summed E-state index contributed by atoms with van der Waals surface area (Å²) in [5, 5.41) is 22.3. The van der Waals surface area contributed by atoms with E-state index < -0.39 is 12.2 Å². The number of anilines is 1. The zero-order chi connectivity index (χ0) is 13.7. The van der Waals surface area contributed by atoms with Crippen LogP contribution in [-0.2, 0) is 4.79 Å². The zero-order valence-electron chi connectivity index (χ0n) is 10.6. The quantitative estimate of drug-likeness (QED) is 0.585. The van der Waals surface area contributed by atoms with Crippen LogP contribution < -0.4 is 11.1 Å². The van der Waals surface area contributed by atoms with Gasteiger partial charge in [-0.05, 0) is 31.0 Å². The number of nitrogens with one attached hydrogen (secondary N) is 1. The SMILES string of the molecule is CC(=O)NCCC(O)C(O)c1cc(C)cc(N)n1. The first kappa shape index (κ1) is 14.4. The summed E-state index contributed by atoms with van der Waals surface area (Å²) in [4.78, 5) is 14.6. The van der Waals surface area contributed by atoms with Gasteiger partial charge in [0, 0.05) is 13.5 Å². The van der Waals surface area contributed by atoms with Crippen molar-refractivity contribution >= 4 is 11.7 Å². The number of nitrogen functional groups attached to an aromatic ring is 1. The van der Waals surface area contributed by atoms with Gasteiger partial charge in [0.15, 0.2) is 0 Å². The van der Waals surface area contributed by atoms with Crippen molar-refractivity contribution in [3.05, 3.63) is 23.4 Å². The minimum Gasteiger partial charge on any atom is -0.390 e. The maximum atomic E-state index is 10.7. The van der Waals surface area contributed by atoms with E-state index in [4.69, 9.17) is 5.73 Å². The largest absolute Gasteiger partial charge is 0.390 e. The summed E-state index contributed by atoms with van der Waals surface area (Å²) < 4.78 is 0. The molecule has 18 heavy (non-hydrogen) atoms. The van der Waals surface area contributed by atoms with Crippen molar-refractivity contribution in [1.29, 1.82) is 0 Å². The molecule has 1 aromatic rings. The molecule has 0 spiro atoms. The van der Waals surface area contributed by atoms with Crippen molar-refractivity contribution in [3.63, 3.8) is 0 Å². The maximum absolute atomic E-state index is 10.7. The van der Waals surface area contributed by atoms with Crippen LogP contribution in [0.15, 0.2) is 12.1 Å². The van der Waals surface area contributed by atoms with Crippen LogP contribution in [0.5, 0.6) is 0 Å². The Morgan fingerprint density at radius 3 is 2.72 bits per heavy atom. The van der Waals surface area contributed by atoms with Crippen molar-refractivity contribution < 1.29 is 15.0 Å². The second kappa shape index (κ2) is 6.32. The lowest BCUT2D eigenvalue weighted by Gasteiger charge is -2.18. The minimum absolute atomic E-state index is 0.172. The lowest BCUT2D eigenvalue weighted by atomic mass is 10.1. The lowest BCUT2D eigenvalue weighted by Crippen LogP contribution is -2.28. The number of aliphatic hydroxyl groups excluding tert-OH is 2. The summed E-state index contributed by atoms with van der Waals surface area (Å²) >= 11 is 0. The number of hydrogen-bond donors (Lipinski definition) is 4. The van der Waals surface area contributed by atoms with Crippen LogP contribution in [0.4, 0.5) is 5.82 Å². The van der Waals surface area contributed by atoms with Gasteiger partial charge >= 0.3 is 0 Å². The number of aromatic nitrogens is 1. The summed E-state index contributed by atoms with van der Waals surface area (Å²) in [5.41, 5.74) is 6.78. The molecule has 2 unspecified atom stereocenters. The molecule has 5 N–H and O–H groups in total. The second-order valence-electron chi connectivity index (χ2n) is 4.28. The average molecular weight is 253 g/mol. The first-order chi connectivity index (χ1) is 8.40. The number of nitrogens with zero attached hydrogens (tertiary/aromatic N) is 1. The first-order valence-corrected chi connectivity index (χ1v) is 5.74. The van der Waals surface area contributed by atoms with Crippen molar-refractivity contribution in [2.24, 2.45) is 0 Å². The van der Waals surface area contributed by atoms with Gasteiger partial charge in [-0.15, -0.1) is 0 Å². The van der Waals surface area contributed by atoms with Gasteiger partial charge in [0.2, 0.25) is 5.91 Å². The first-order valence-electron chi connectivity index (χ1n) is 5.74. The van der Waals surface area contributed by atoms with Crippen LogP contribution in [0.3, 0.4) is 0 Å². The van der Waals surface area contributed by atoms with Crippen LogP contribution >= 0.6 is 0 Å². The predicted octanol–water partition coefficient (Wildman–Crippen LogP) is -0.107. The second-order valence-corrected chi connectivity index (χ2v) is 4.28. The highest BCUT2D eigenvalue weighted by atomic mass is 16.3. The highest BCUT2D eigenvalue weighted by Gasteiger charge is 2.20. The van der Waals surface area contributed by atoms with Crippen molar-refractivity contribution in [2.45, 2.75) is 32.5 Å². The third kappa shape index (κ3) is 4.31. The molecular weight excluding hydrogens is 234 g/mol. The fourth-order valence-electron chi connectivity index (χ4n) is 1.62. The normalized spacial score (nSPS) is 14.0. The van der Waals surface area contributed by atoms with Gasteiger partial charge in [-0.2, -0.15) is 0 Å². The van der Waals surface area contributed by atoms with Crippen LogP contribution in [0, 0.1) is 6.92 Å². The molecule has 100 valence electrons. The lowest BCUT2D eigenvalue weighted by molar-refractivity contribution is -0.119. The molecule has 2 atom stereocenters. The Balaban J connectivity index is 2.62. The molecular formula is C12H19N3O3. The molecule has 1 heterocycles. The smallest absolute Gasteiger partial charge is 0.216 e. The van der Waals surface area contributed by atoms with Gasteiger partial charge in [-0.25, -0.2) is 4.98 Å². The van der Waals surface area contributed by atoms with Crippen molar-refractivity contribution in [1.82, 2.24) is 10.3 Å². The molecule has 1 amide bonds. The molecule has 0 bridgehead atoms. The molecule has 6 heteroatoms. The van der Waals surface area contributed by atoms with Crippen LogP contribution in [0.25, 0.3) is 0 Å². The highest BCUT2D eigenvalue weighted by Crippen LogP contribution is 2.19. The maximum Gasteiger partial charge on any atom is 0.216 e. The monoisotopic (exact) mass is 253 g/mol. The van der Waals surface area contributed by atoms with Crippen LogP contribution in [0.1, 0.15) is 30.7 Å². The van der Waals surface area contributed by atoms with E-state index in [1.165, 1.54) is 6.92 Å². The Hall–Kier alpha value is -1.66. The predicted molar refractivity (Wildman–Crippen MR) is 67.7 cm³/mol. The topological polar surface area (TPSA) is 108 Å². The Kier molecular flexibility index (Phi) is 5.06. The van der Waals surface area contributed by atoms with E-state index in [0.717, 1.165) is 5.56 Å². The van der Waals surface area contributed by atoms with E-state index >= 15 is 0 Å².